The number of aromatic nitrogens is 1. The molecule has 172 valence electrons. The van der Waals surface area contributed by atoms with Crippen LogP contribution in [0.2, 0.25) is 5.82 Å². The SMILES string of the molecule is C1=CC2B3c4ccccc4Oc4ccc5c6cc(-c7cccc8ccccc78)ccc6n(c5c43)C2C=C1. The van der Waals surface area contributed by atoms with Gasteiger partial charge in [0, 0.05) is 21.8 Å². The third-order valence-electron chi connectivity index (χ3n) is 8.68. The molecule has 0 saturated heterocycles. The first kappa shape index (κ1) is 19.7. The molecule has 0 amide bonds. The molecule has 6 aromatic rings. The van der Waals surface area contributed by atoms with Crippen molar-refractivity contribution in [2.24, 2.45) is 0 Å². The van der Waals surface area contributed by atoms with Crippen LogP contribution in [0.15, 0.2) is 121 Å². The Hall–Kier alpha value is -4.50. The summed E-state index contributed by atoms with van der Waals surface area (Å²) in [6, 6.07) is 35.6. The quantitative estimate of drug-likeness (QED) is 0.228. The van der Waals surface area contributed by atoms with Crippen molar-refractivity contribution in [2.75, 3.05) is 0 Å². The van der Waals surface area contributed by atoms with Crippen LogP contribution in [0.4, 0.5) is 0 Å². The van der Waals surface area contributed by atoms with E-state index in [9.17, 15) is 0 Å². The normalized spacial score (nSPS) is 18.8. The number of benzene rings is 5. The number of fused-ring (bicyclic) bond motifs is 9. The van der Waals surface area contributed by atoms with Crippen LogP contribution in [0, 0.1) is 0 Å². The van der Waals surface area contributed by atoms with Crippen LogP contribution >= 0.6 is 0 Å². The third-order valence-corrected chi connectivity index (χ3v) is 8.68. The topological polar surface area (TPSA) is 14.2 Å². The Balaban J connectivity index is 1.37. The average Bonchev–Trinajstić information content (AvgIpc) is 3.30. The van der Waals surface area contributed by atoms with Crippen LogP contribution in [-0.2, 0) is 0 Å². The van der Waals surface area contributed by atoms with Crippen LogP contribution in [-0.4, -0.2) is 11.3 Å². The van der Waals surface area contributed by atoms with Crippen LogP contribution in [0.25, 0.3) is 43.7 Å². The maximum atomic E-state index is 6.51. The Morgan fingerprint density at radius 1 is 0.676 bits per heavy atom. The van der Waals surface area contributed by atoms with Crippen molar-refractivity contribution in [3.63, 3.8) is 0 Å². The largest absolute Gasteiger partial charge is 0.458 e. The van der Waals surface area contributed by atoms with Crippen molar-refractivity contribution in [3.8, 4) is 22.6 Å². The highest BCUT2D eigenvalue weighted by Crippen LogP contribution is 2.47. The monoisotopic (exact) mass is 471 g/mol. The summed E-state index contributed by atoms with van der Waals surface area (Å²) in [7, 11) is 0. The van der Waals surface area contributed by atoms with E-state index in [4.69, 9.17) is 4.74 Å². The zero-order valence-corrected chi connectivity index (χ0v) is 20.1. The van der Waals surface area contributed by atoms with Gasteiger partial charge in [-0.25, -0.2) is 0 Å². The lowest BCUT2D eigenvalue weighted by molar-refractivity contribution is 0.485. The first-order chi connectivity index (χ1) is 18.4. The minimum atomic E-state index is 0.271. The first-order valence-corrected chi connectivity index (χ1v) is 13.1. The first-order valence-electron chi connectivity index (χ1n) is 13.1. The highest BCUT2D eigenvalue weighted by molar-refractivity contribution is 6.90. The molecule has 0 N–H and O–H groups in total. The summed E-state index contributed by atoms with van der Waals surface area (Å²) in [5.74, 6) is 2.33. The molecule has 0 radical (unpaired) electrons. The standard InChI is InChI=1S/C34H22BNO/c1-2-10-23-21(8-1)9-7-11-24(23)22-16-18-29-26(20-22)25-17-19-32-33-34(25)36(29)30-14-5-3-12-27(30)35(33)28-13-4-6-15-31(28)37-32/h1-20,27,30H. The summed E-state index contributed by atoms with van der Waals surface area (Å²) in [6.07, 6.45) is 9.22. The predicted octanol–water partition coefficient (Wildman–Crippen LogP) is 7.38. The summed E-state index contributed by atoms with van der Waals surface area (Å²) in [5.41, 5.74) is 7.78. The number of rotatable bonds is 1. The van der Waals surface area contributed by atoms with E-state index >= 15 is 0 Å². The van der Waals surface area contributed by atoms with E-state index in [0.717, 1.165) is 11.5 Å². The average molecular weight is 471 g/mol. The van der Waals surface area contributed by atoms with Crippen LogP contribution < -0.4 is 15.7 Å². The molecule has 0 fully saturated rings. The highest BCUT2D eigenvalue weighted by Gasteiger charge is 2.45. The number of hydrogen-bond acceptors (Lipinski definition) is 1. The maximum Gasteiger partial charge on any atom is 0.231 e. The van der Waals surface area contributed by atoms with Gasteiger partial charge in [0.05, 0.1) is 6.04 Å². The van der Waals surface area contributed by atoms with E-state index in [1.54, 1.807) is 0 Å². The van der Waals surface area contributed by atoms with Gasteiger partial charge < -0.3 is 9.30 Å². The van der Waals surface area contributed by atoms with E-state index in [-0.39, 0.29) is 12.8 Å². The molecule has 0 bridgehead atoms. The van der Waals surface area contributed by atoms with Crippen LogP contribution in [0.1, 0.15) is 6.04 Å². The second-order valence-corrected chi connectivity index (χ2v) is 10.5. The molecule has 1 aromatic heterocycles. The fraction of sp³-hybridized carbons (Fsp3) is 0.0588. The second-order valence-electron chi connectivity index (χ2n) is 10.5. The van der Waals surface area contributed by atoms with Gasteiger partial charge in [0.25, 0.3) is 0 Å². The predicted molar refractivity (Wildman–Crippen MR) is 155 cm³/mol. The van der Waals surface area contributed by atoms with Gasteiger partial charge in [0.15, 0.2) is 0 Å². The smallest absolute Gasteiger partial charge is 0.231 e. The Morgan fingerprint density at radius 2 is 1.54 bits per heavy atom. The minimum Gasteiger partial charge on any atom is -0.458 e. The zero-order valence-electron chi connectivity index (χ0n) is 20.1. The van der Waals surface area contributed by atoms with Gasteiger partial charge in [-0.05, 0) is 69.0 Å². The summed E-state index contributed by atoms with van der Waals surface area (Å²) < 4.78 is 9.08. The summed E-state index contributed by atoms with van der Waals surface area (Å²) in [4.78, 5) is 0. The van der Waals surface area contributed by atoms with Gasteiger partial charge in [0.2, 0.25) is 6.71 Å². The molecule has 3 aliphatic rings. The molecular formula is C34H22BNO. The van der Waals surface area contributed by atoms with E-state index < -0.39 is 0 Å². The lowest BCUT2D eigenvalue weighted by Crippen LogP contribution is -2.54. The molecule has 5 aromatic carbocycles. The molecule has 2 unspecified atom stereocenters. The van der Waals surface area contributed by atoms with Crippen LogP contribution in [0.3, 0.4) is 0 Å². The van der Waals surface area contributed by atoms with Gasteiger partial charge in [-0.1, -0.05) is 91.0 Å². The Morgan fingerprint density at radius 3 is 2.54 bits per heavy atom. The van der Waals surface area contributed by atoms with Crippen molar-refractivity contribution in [2.45, 2.75) is 11.9 Å². The number of ether oxygens (including phenoxy) is 1. The third kappa shape index (κ3) is 2.51. The van der Waals surface area contributed by atoms with E-state index in [1.807, 2.05) is 0 Å². The van der Waals surface area contributed by atoms with E-state index in [2.05, 4.69) is 126 Å². The van der Waals surface area contributed by atoms with Gasteiger partial charge in [-0.2, -0.15) is 0 Å². The lowest BCUT2D eigenvalue weighted by atomic mass is 9.30. The van der Waals surface area contributed by atoms with Crippen LogP contribution in [0.5, 0.6) is 11.5 Å². The molecule has 1 aliphatic carbocycles. The van der Waals surface area contributed by atoms with Gasteiger partial charge in [-0.3, -0.25) is 0 Å². The van der Waals surface area contributed by atoms with Crippen molar-refractivity contribution in [1.29, 1.82) is 0 Å². The maximum absolute atomic E-state index is 6.51. The molecule has 2 aliphatic heterocycles. The molecule has 3 heteroatoms. The van der Waals surface area contributed by atoms with Gasteiger partial charge >= 0.3 is 0 Å². The number of para-hydroxylation sites is 1. The Kier molecular flexibility index (Phi) is 3.74. The molecule has 2 nitrogen and oxygen atoms in total. The molecule has 2 atom stereocenters. The van der Waals surface area contributed by atoms with Gasteiger partial charge in [0.1, 0.15) is 11.5 Å². The molecule has 0 spiro atoms. The van der Waals surface area contributed by atoms with E-state index in [1.165, 1.54) is 54.6 Å². The molecule has 0 saturated carbocycles. The second kappa shape index (κ2) is 7.05. The Labute approximate surface area is 215 Å². The number of hydrogen-bond donors (Lipinski definition) is 0. The summed E-state index contributed by atoms with van der Waals surface area (Å²) in [5, 5.41) is 5.19. The molecular weight excluding hydrogens is 449 g/mol. The molecule has 3 heterocycles. The fourth-order valence-electron chi connectivity index (χ4n) is 7.18. The fourth-order valence-corrected chi connectivity index (χ4v) is 7.18. The van der Waals surface area contributed by atoms with E-state index in [0.29, 0.717) is 5.82 Å². The summed E-state index contributed by atoms with van der Waals surface area (Å²) in [6.45, 7) is 0.282. The highest BCUT2D eigenvalue weighted by atomic mass is 16.5. The molecule has 9 rings (SSSR count). The van der Waals surface area contributed by atoms with Crippen molar-refractivity contribution >= 4 is 50.2 Å². The van der Waals surface area contributed by atoms with Crippen molar-refractivity contribution < 1.29 is 4.74 Å². The zero-order chi connectivity index (χ0) is 24.1. The number of nitrogens with zero attached hydrogens (tertiary/aromatic N) is 1. The lowest BCUT2D eigenvalue weighted by Gasteiger charge is -2.40. The van der Waals surface area contributed by atoms with Crippen molar-refractivity contribution in [1.82, 2.24) is 4.57 Å². The Bertz CT molecular complexity index is 1990. The van der Waals surface area contributed by atoms with Crippen molar-refractivity contribution in [3.05, 3.63) is 121 Å². The minimum absolute atomic E-state index is 0.271. The molecule has 37 heavy (non-hydrogen) atoms. The summed E-state index contributed by atoms with van der Waals surface area (Å²) >= 11 is 0. The van der Waals surface area contributed by atoms with Gasteiger partial charge in [-0.15, -0.1) is 0 Å². The number of allylic oxidation sites excluding steroid dienone is 4.